The predicted molar refractivity (Wildman–Crippen MR) is 197 cm³/mol. The summed E-state index contributed by atoms with van der Waals surface area (Å²) in [7, 11) is 1.34. The smallest absolute Gasteiger partial charge is 0.350 e. The number of nitro groups is 1. The van der Waals surface area contributed by atoms with Crippen molar-refractivity contribution in [2.45, 2.75) is 20.8 Å². The molecule has 1 atom stereocenters. The summed E-state index contributed by atoms with van der Waals surface area (Å²) in [6.07, 6.45) is 0. The maximum atomic E-state index is 14.4. The van der Waals surface area contributed by atoms with E-state index in [9.17, 15) is 34.4 Å². The van der Waals surface area contributed by atoms with Gasteiger partial charge in [-0.3, -0.25) is 34.4 Å². The molecule has 270 valence electrons. The number of hydrazine groups is 1. The Morgan fingerprint density at radius 2 is 1.60 bits per heavy atom. The Labute approximate surface area is 303 Å². The summed E-state index contributed by atoms with van der Waals surface area (Å²) in [5.41, 5.74) is -0.0416. The summed E-state index contributed by atoms with van der Waals surface area (Å²) in [6.45, 7) is 4.31. The molecule has 1 aliphatic heterocycles. The van der Waals surface area contributed by atoms with E-state index in [1.807, 2.05) is 19.1 Å². The third-order valence-electron chi connectivity index (χ3n) is 8.92. The molecule has 0 bridgehead atoms. The van der Waals surface area contributed by atoms with Crippen molar-refractivity contribution in [1.29, 1.82) is 0 Å². The maximum absolute atomic E-state index is 14.4. The van der Waals surface area contributed by atoms with Crippen molar-refractivity contribution in [3.8, 4) is 17.2 Å². The number of rotatable bonds is 9. The number of anilines is 3. The third kappa shape index (κ3) is 7.02. The van der Waals surface area contributed by atoms with Crippen LogP contribution in [0, 0.1) is 22.5 Å². The number of amides is 4. The number of imide groups is 1. The van der Waals surface area contributed by atoms with E-state index < -0.39 is 34.2 Å². The molecule has 14 heteroatoms. The van der Waals surface area contributed by atoms with E-state index in [1.165, 1.54) is 37.2 Å². The molecule has 1 saturated heterocycles. The average molecular weight is 718 g/mol. The molecule has 0 aromatic heterocycles. The highest BCUT2D eigenvalue weighted by Gasteiger charge is 2.52. The summed E-state index contributed by atoms with van der Waals surface area (Å²) in [6, 6.07) is 26.5. The molecule has 53 heavy (non-hydrogen) atoms. The first-order chi connectivity index (χ1) is 25.3. The van der Waals surface area contributed by atoms with Gasteiger partial charge in [0.05, 0.1) is 28.4 Å². The number of non-ortho nitro benzene ring substituents is 1. The van der Waals surface area contributed by atoms with Crippen molar-refractivity contribution in [2.75, 3.05) is 35.4 Å². The Morgan fingerprint density at radius 1 is 0.943 bits per heavy atom. The first-order valence-electron chi connectivity index (χ1n) is 16.4. The second-order valence-corrected chi connectivity index (χ2v) is 12.8. The van der Waals surface area contributed by atoms with Crippen molar-refractivity contribution in [1.82, 2.24) is 5.01 Å². The maximum Gasteiger partial charge on any atom is 0.350 e. The zero-order valence-electron chi connectivity index (χ0n) is 29.2. The van der Waals surface area contributed by atoms with Crippen molar-refractivity contribution in [2.24, 2.45) is 5.41 Å². The van der Waals surface area contributed by atoms with E-state index in [0.717, 1.165) is 21.5 Å². The van der Waals surface area contributed by atoms with Gasteiger partial charge in [0.2, 0.25) is 0 Å². The van der Waals surface area contributed by atoms with Crippen molar-refractivity contribution in [3.05, 3.63) is 124 Å². The van der Waals surface area contributed by atoms with Crippen LogP contribution in [-0.4, -0.2) is 59.1 Å². The molecular weight excluding hydrogens is 682 g/mol. The molecule has 1 fully saturated rings. The number of esters is 1. The van der Waals surface area contributed by atoms with Crippen LogP contribution in [0.4, 0.5) is 27.5 Å². The average Bonchev–Trinajstić information content (AvgIpc) is 3.42. The summed E-state index contributed by atoms with van der Waals surface area (Å²) < 4.78 is 11.6. The fourth-order valence-corrected chi connectivity index (χ4v) is 6.02. The van der Waals surface area contributed by atoms with Crippen LogP contribution < -0.4 is 20.0 Å². The number of benzene rings is 5. The number of aromatic hydroxyl groups is 1. The van der Waals surface area contributed by atoms with Crippen molar-refractivity contribution < 1.29 is 38.7 Å². The highest BCUT2D eigenvalue weighted by atomic mass is 16.6. The number of urea groups is 1. The molecule has 0 radical (unpaired) electrons. The summed E-state index contributed by atoms with van der Waals surface area (Å²) >= 11 is 0. The fourth-order valence-electron chi connectivity index (χ4n) is 6.02. The van der Waals surface area contributed by atoms with E-state index >= 15 is 0 Å². The second-order valence-electron chi connectivity index (χ2n) is 12.8. The number of para-hydroxylation sites is 2. The van der Waals surface area contributed by atoms with Gasteiger partial charge in [0.15, 0.2) is 5.75 Å². The molecule has 1 aliphatic rings. The van der Waals surface area contributed by atoms with E-state index in [-0.39, 0.29) is 47.3 Å². The number of hydrogen-bond acceptors (Lipinski definition) is 10. The number of ether oxygens (including phenoxy) is 2. The van der Waals surface area contributed by atoms with Crippen LogP contribution in [0.3, 0.4) is 0 Å². The first kappa shape index (κ1) is 35.9. The lowest BCUT2D eigenvalue weighted by molar-refractivity contribution is -0.384. The SMILES string of the molecule is CC(=O)OCC1(C)CN(c2ccccc2)N(C(=O)N(C)c2cc([N+](=O)[O-])ccc2Oc2cc(C(=O)Nc3ccccc3C)c(O)c3ccccc23)C1=O. The molecule has 0 aliphatic carbocycles. The Kier molecular flexibility index (Phi) is 9.70. The molecule has 0 saturated carbocycles. The largest absolute Gasteiger partial charge is 0.506 e. The van der Waals surface area contributed by atoms with Gasteiger partial charge >= 0.3 is 12.0 Å². The van der Waals surface area contributed by atoms with Gasteiger partial charge < -0.3 is 19.9 Å². The van der Waals surface area contributed by atoms with E-state index in [2.05, 4.69) is 5.32 Å². The number of nitrogens with zero attached hydrogens (tertiary/aromatic N) is 4. The number of nitrogens with one attached hydrogen (secondary N) is 1. The number of phenolic OH excluding ortho intramolecular Hbond substituents is 1. The van der Waals surface area contributed by atoms with Gasteiger partial charge in [-0.05, 0) is 49.7 Å². The minimum absolute atomic E-state index is 0.0200. The number of nitro benzene ring substituents is 1. The van der Waals surface area contributed by atoms with Crippen LogP contribution in [0.15, 0.2) is 103 Å². The lowest BCUT2D eigenvalue weighted by atomic mass is 9.92. The Hall–Kier alpha value is -6.96. The van der Waals surface area contributed by atoms with Gasteiger partial charge in [0, 0.05) is 42.6 Å². The molecule has 14 nitrogen and oxygen atoms in total. The highest BCUT2D eigenvalue weighted by Crippen LogP contribution is 2.43. The van der Waals surface area contributed by atoms with Gasteiger partial charge in [-0.25, -0.2) is 4.79 Å². The third-order valence-corrected chi connectivity index (χ3v) is 8.92. The van der Waals surface area contributed by atoms with Crippen LogP contribution in [0.2, 0.25) is 0 Å². The number of carbonyl (C=O) groups is 4. The zero-order valence-corrected chi connectivity index (χ0v) is 29.2. The summed E-state index contributed by atoms with van der Waals surface area (Å²) in [4.78, 5) is 66.1. The number of carbonyl (C=O) groups excluding carboxylic acids is 4. The predicted octanol–water partition coefficient (Wildman–Crippen LogP) is 7.20. The molecule has 4 amide bonds. The van der Waals surface area contributed by atoms with Gasteiger partial charge in [-0.15, -0.1) is 0 Å². The Balaban J connectivity index is 1.41. The fraction of sp³-hybridized carbons (Fsp3) is 0.179. The number of phenols is 1. The first-order valence-corrected chi connectivity index (χ1v) is 16.4. The minimum Gasteiger partial charge on any atom is -0.506 e. The van der Waals surface area contributed by atoms with Crippen LogP contribution in [-0.2, 0) is 14.3 Å². The van der Waals surface area contributed by atoms with Gasteiger partial charge in [0.25, 0.3) is 17.5 Å². The Bertz CT molecular complexity index is 2280. The number of hydrogen-bond donors (Lipinski definition) is 2. The molecule has 5 aromatic rings. The Morgan fingerprint density at radius 3 is 2.28 bits per heavy atom. The highest BCUT2D eigenvalue weighted by molar-refractivity contribution is 6.12. The molecule has 1 unspecified atom stereocenters. The van der Waals surface area contributed by atoms with E-state index in [1.54, 1.807) is 73.7 Å². The van der Waals surface area contributed by atoms with Crippen molar-refractivity contribution in [3.63, 3.8) is 0 Å². The standard InChI is InChI=1S/C39H35N5O9/c1-24-12-8-11-17-31(24)40-36(47)30-21-34(28-15-9-10-16-29(28)35(30)46)53-33-19-18-27(44(50)51)20-32(33)41(4)38(49)43-37(48)39(3,23-52-25(2)45)22-42(43)26-13-6-5-7-14-26/h5-21,46H,22-23H2,1-4H3,(H,40,47). The summed E-state index contributed by atoms with van der Waals surface area (Å²) in [5.74, 6) is -2.10. The molecule has 0 spiro atoms. The molecule has 1 heterocycles. The lowest BCUT2D eigenvalue weighted by Gasteiger charge is -2.31. The van der Waals surface area contributed by atoms with Crippen LogP contribution in [0.1, 0.15) is 29.8 Å². The van der Waals surface area contributed by atoms with E-state index in [4.69, 9.17) is 9.47 Å². The van der Waals surface area contributed by atoms with Crippen LogP contribution in [0.25, 0.3) is 10.8 Å². The summed E-state index contributed by atoms with van der Waals surface area (Å²) in [5, 5.41) is 29.1. The van der Waals surface area contributed by atoms with Crippen LogP contribution >= 0.6 is 0 Å². The molecular formula is C39H35N5O9. The van der Waals surface area contributed by atoms with E-state index in [0.29, 0.717) is 22.1 Å². The van der Waals surface area contributed by atoms with Crippen molar-refractivity contribution >= 4 is 57.3 Å². The van der Waals surface area contributed by atoms with Gasteiger partial charge in [-0.1, -0.05) is 60.7 Å². The number of aryl methyl sites for hydroxylation is 1. The lowest BCUT2D eigenvalue weighted by Crippen LogP contribution is -2.50. The monoisotopic (exact) mass is 717 g/mol. The molecule has 5 aromatic carbocycles. The van der Waals surface area contributed by atoms with Gasteiger partial charge in [0.1, 0.15) is 23.5 Å². The number of fused-ring (bicyclic) bond motifs is 1. The molecule has 6 rings (SSSR count). The zero-order chi connectivity index (χ0) is 38.0. The minimum atomic E-state index is -1.32. The van der Waals surface area contributed by atoms with Crippen LogP contribution in [0.5, 0.6) is 17.2 Å². The quantitative estimate of drug-likeness (QED) is 0.0903. The second kappa shape index (κ2) is 14.3. The van der Waals surface area contributed by atoms with Gasteiger partial charge in [-0.2, -0.15) is 5.01 Å². The molecule has 2 N–H and O–H groups in total. The normalized spacial score (nSPS) is 15.3. The topological polar surface area (TPSA) is 172 Å².